The van der Waals surface area contributed by atoms with Gasteiger partial charge in [-0.3, -0.25) is 0 Å². The zero-order valence-electron chi connectivity index (χ0n) is 12.1. The number of carbonyl (C=O) groups excluding carboxylic acids is 1. The zero-order chi connectivity index (χ0) is 14.3. The average molecular weight is 268 g/mol. The van der Waals surface area contributed by atoms with E-state index in [2.05, 4.69) is 27.4 Å². The van der Waals surface area contributed by atoms with E-state index in [1.54, 1.807) is 0 Å². The van der Waals surface area contributed by atoms with Gasteiger partial charge >= 0.3 is 5.97 Å². The predicted molar refractivity (Wildman–Crippen MR) is 71.3 cm³/mol. The van der Waals surface area contributed by atoms with Crippen LogP contribution in [0, 0.1) is 16.7 Å². The first-order chi connectivity index (χ1) is 8.83. The number of rotatable bonds is 5. The molecule has 0 aromatic carbocycles. The van der Waals surface area contributed by atoms with Crippen molar-refractivity contribution in [3.63, 3.8) is 0 Å². The Morgan fingerprint density at radius 3 is 2.58 bits per heavy atom. The van der Waals surface area contributed by atoms with Crippen molar-refractivity contribution in [1.29, 1.82) is 0 Å². The molecule has 0 aromatic rings. The van der Waals surface area contributed by atoms with Crippen LogP contribution in [0.3, 0.4) is 0 Å². The third-order valence-corrected chi connectivity index (χ3v) is 5.56. The normalized spacial score (nSPS) is 35.2. The third-order valence-electron chi connectivity index (χ3n) is 5.56. The fraction of sp³-hybridized carbons (Fsp3) is 0.800. The molecule has 1 N–H and O–H groups in total. The summed E-state index contributed by atoms with van der Waals surface area (Å²) in [5.74, 6) is 0.114. The summed E-state index contributed by atoms with van der Waals surface area (Å²) >= 11 is 0. The molecule has 2 fully saturated rings. The number of esters is 1. The lowest BCUT2D eigenvalue weighted by Crippen LogP contribution is -2.38. The Balaban J connectivity index is 1.98. The Hall–Kier alpha value is -1.03. The molecule has 0 aliphatic heterocycles. The minimum Gasteiger partial charge on any atom is -0.485 e. The quantitative estimate of drug-likeness (QED) is 0.472. The van der Waals surface area contributed by atoms with Gasteiger partial charge in [0.15, 0.2) is 5.76 Å². The van der Waals surface area contributed by atoms with Gasteiger partial charge in [0.25, 0.3) is 0 Å². The van der Waals surface area contributed by atoms with Crippen molar-refractivity contribution in [1.82, 2.24) is 0 Å². The van der Waals surface area contributed by atoms with Crippen LogP contribution in [0.1, 0.15) is 40.0 Å². The molecule has 2 bridgehead atoms. The average Bonchev–Trinajstić information content (AvgIpc) is 2.68. The van der Waals surface area contributed by atoms with Gasteiger partial charge in [-0.1, -0.05) is 20.8 Å². The van der Waals surface area contributed by atoms with E-state index in [9.17, 15) is 4.79 Å². The summed E-state index contributed by atoms with van der Waals surface area (Å²) in [6.45, 7) is 10.2. The van der Waals surface area contributed by atoms with E-state index in [0.717, 1.165) is 12.8 Å². The number of hydrogen-bond acceptors (Lipinski definition) is 4. The highest BCUT2D eigenvalue weighted by Gasteiger charge is 2.62. The molecule has 19 heavy (non-hydrogen) atoms. The highest BCUT2D eigenvalue weighted by molar-refractivity contribution is 5.85. The van der Waals surface area contributed by atoms with Crippen LogP contribution >= 0.6 is 0 Å². The highest BCUT2D eigenvalue weighted by Crippen LogP contribution is 2.66. The van der Waals surface area contributed by atoms with Crippen LogP contribution in [0.2, 0.25) is 0 Å². The van der Waals surface area contributed by atoms with E-state index in [1.807, 2.05) is 0 Å². The maximum absolute atomic E-state index is 11.9. The molecule has 2 aliphatic rings. The molecule has 2 aliphatic carbocycles. The summed E-state index contributed by atoms with van der Waals surface area (Å²) in [6, 6.07) is 0. The third kappa shape index (κ3) is 2.16. The molecule has 0 radical (unpaired) electrons. The number of hydrogen-bond donors (Lipinski definition) is 1. The maximum atomic E-state index is 11.9. The summed E-state index contributed by atoms with van der Waals surface area (Å²) < 4.78 is 10.6. The van der Waals surface area contributed by atoms with E-state index in [1.165, 1.54) is 6.42 Å². The van der Waals surface area contributed by atoms with Gasteiger partial charge in [-0.2, -0.15) is 0 Å². The number of aliphatic hydroxyl groups excluding tert-OH is 1. The second kappa shape index (κ2) is 4.82. The fourth-order valence-electron chi connectivity index (χ4n) is 3.73. The lowest BCUT2D eigenvalue weighted by atomic mass is 9.70. The van der Waals surface area contributed by atoms with Gasteiger partial charge in [-0.15, -0.1) is 0 Å². The smallest absolute Gasteiger partial charge is 0.373 e. The van der Waals surface area contributed by atoms with Crippen molar-refractivity contribution in [2.24, 2.45) is 16.7 Å². The van der Waals surface area contributed by atoms with E-state index in [0.29, 0.717) is 5.92 Å². The topological polar surface area (TPSA) is 55.8 Å². The Morgan fingerprint density at radius 2 is 2.11 bits per heavy atom. The summed E-state index contributed by atoms with van der Waals surface area (Å²) in [7, 11) is 0. The van der Waals surface area contributed by atoms with Crippen molar-refractivity contribution >= 4 is 5.97 Å². The van der Waals surface area contributed by atoms with Gasteiger partial charge in [-0.25, -0.2) is 4.79 Å². The number of fused-ring (bicyclic) bond motifs is 2. The Kier molecular flexibility index (Phi) is 3.65. The van der Waals surface area contributed by atoms with Crippen LogP contribution in [0.15, 0.2) is 12.3 Å². The Morgan fingerprint density at radius 1 is 1.42 bits per heavy atom. The fourth-order valence-corrected chi connectivity index (χ4v) is 3.73. The second-order valence-electron chi connectivity index (χ2n) is 6.50. The lowest BCUT2D eigenvalue weighted by molar-refractivity contribution is -0.156. The van der Waals surface area contributed by atoms with Crippen molar-refractivity contribution in [2.45, 2.75) is 46.1 Å². The molecule has 4 nitrogen and oxygen atoms in total. The molecular formula is C15H24O4. The number of aliphatic hydroxyl groups is 1. The van der Waals surface area contributed by atoms with Gasteiger partial charge in [0.2, 0.25) is 0 Å². The van der Waals surface area contributed by atoms with Gasteiger partial charge in [-0.05, 0) is 37.2 Å². The molecule has 2 saturated carbocycles. The van der Waals surface area contributed by atoms with E-state index >= 15 is 0 Å². The Bertz CT molecular complexity index is 388. The predicted octanol–water partition coefficient (Wildman–Crippen LogP) is 2.27. The molecule has 108 valence electrons. The second-order valence-corrected chi connectivity index (χ2v) is 6.50. The SMILES string of the molecule is C=C(OCCO)C(=O)OC1C[C@H]2CC[C@@]1(C)C2(C)C. The van der Waals surface area contributed by atoms with Gasteiger partial charge < -0.3 is 14.6 Å². The molecule has 1 unspecified atom stereocenters. The van der Waals surface area contributed by atoms with Crippen molar-refractivity contribution in [2.75, 3.05) is 13.2 Å². The molecule has 0 spiro atoms. The molecular weight excluding hydrogens is 244 g/mol. The lowest BCUT2D eigenvalue weighted by Gasteiger charge is -2.38. The van der Waals surface area contributed by atoms with Crippen LogP contribution in [0.25, 0.3) is 0 Å². The van der Waals surface area contributed by atoms with Crippen molar-refractivity contribution in [3.05, 3.63) is 12.3 Å². The molecule has 2 rings (SSSR count). The van der Waals surface area contributed by atoms with E-state index in [-0.39, 0.29) is 35.9 Å². The number of ether oxygens (including phenoxy) is 2. The van der Waals surface area contributed by atoms with Gasteiger partial charge in [0.05, 0.1) is 6.61 Å². The number of carbonyl (C=O) groups is 1. The largest absolute Gasteiger partial charge is 0.485 e. The monoisotopic (exact) mass is 268 g/mol. The van der Waals surface area contributed by atoms with Crippen LogP contribution in [-0.4, -0.2) is 30.4 Å². The van der Waals surface area contributed by atoms with Crippen molar-refractivity contribution in [3.8, 4) is 0 Å². The first-order valence-electron chi connectivity index (χ1n) is 6.96. The molecule has 0 aromatic heterocycles. The van der Waals surface area contributed by atoms with Crippen LogP contribution in [0.4, 0.5) is 0 Å². The molecule has 0 heterocycles. The summed E-state index contributed by atoms with van der Waals surface area (Å²) in [5.41, 5.74) is 0.260. The minimum atomic E-state index is -0.497. The molecule has 0 saturated heterocycles. The van der Waals surface area contributed by atoms with Crippen LogP contribution < -0.4 is 0 Å². The first kappa shape index (κ1) is 14.4. The molecule has 4 heteroatoms. The van der Waals surface area contributed by atoms with Crippen LogP contribution in [0.5, 0.6) is 0 Å². The summed E-state index contributed by atoms with van der Waals surface area (Å²) in [5, 5.41) is 8.66. The standard InChI is InChI=1S/C15H24O4/c1-10(18-8-7-16)13(17)19-12-9-11-5-6-15(12,4)14(11,2)3/h11-12,16H,1,5-9H2,2-4H3/t11-,12?,15-/m1/s1. The first-order valence-corrected chi connectivity index (χ1v) is 6.96. The van der Waals surface area contributed by atoms with Gasteiger partial charge in [0.1, 0.15) is 12.7 Å². The zero-order valence-corrected chi connectivity index (χ0v) is 12.1. The minimum absolute atomic E-state index is 0.0155. The Labute approximate surface area is 114 Å². The van der Waals surface area contributed by atoms with E-state index in [4.69, 9.17) is 14.6 Å². The van der Waals surface area contributed by atoms with Crippen molar-refractivity contribution < 1.29 is 19.4 Å². The van der Waals surface area contributed by atoms with Crippen LogP contribution in [-0.2, 0) is 14.3 Å². The van der Waals surface area contributed by atoms with Gasteiger partial charge in [0, 0.05) is 5.41 Å². The summed E-state index contributed by atoms with van der Waals surface area (Å²) in [4.78, 5) is 11.9. The highest BCUT2D eigenvalue weighted by atomic mass is 16.6. The van der Waals surface area contributed by atoms with E-state index < -0.39 is 5.97 Å². The molecule has 3 atom stereocenters. The maximum Gasteiger partial charge on any atom is 0.373 e. The summed E-state index contributed by atoms with van der Waals surface area (Å²) in [6.07, 6.45) is 3.21. The molecule has 0 amide bonds.